The van der Waals surface area contributed by atoms with E-state index in [9.17, 15) is 9.59 Å². The van der Waals surface area contributed by atoms with E-state index in [1.54, 1.807) is 0 Å². The van der Waals surface area contributed by atoms with Gasteiger partial charge in [-0.3, -0.25) is 9.59 Å². The molecule has 0 heterocycles. The molecule has 0 aromatic heterocycles. The SMILES string of the molecule is NC(=O)C1(C(=O)N(CC=Cc2ccccc2)CCO)CC1. The average Bonchev–Trinajstić information content (AvgIpc) is 3.28. The lowest BCUT2D eigenvalue weighted by Gasteiger charge is -2.24. The van der Waals surface area contributed by atoms with E-state index in [1.807, 2.05) is 42.5 Å². The second-order valence-electron chi connectivity index (χ2n) is 5.23. The van der Waals surface area contributed by atoms with Gasteiger partial charge in [-0.1, -0.05) is 42.5 Å². The Hall–Kier alpha value is -2.14. The van der Waals surface area contributed by atoms with Crippen LogP contribution in [0.3, 0.4) is 0 Å². The van der Waals surface area contributed by atoms with Crippen LogP contribution in [0, 0.1) is 5.41 Å². The molecule has 0 saturated heterocycles. The number of aliphatic hydroxyl groups is 1. The largest absolute Gasteiger partial charge is 0.395 e. The number of carbonyl (C=O) groups is 2. The zero-order chi connectivity index (χ0) is 15.3. The Balaban J connectivity index is 2.01. The third kappa shape index (κ3) is 3.49. The monoisotopic (exact) mass is 288 g/mol. The van der Waals surface area contributed by atoms with Gasteiger partial charge in [0.05, 0.1) is 6.61 Å². The predicted octanol–water partition coefficient (Wildman–Crippen LogP) is 0.786. The first-order valence-corrected chi connectivity index (χ1v) is 7.02. The summed E-state index contributed by atoms with van der Waals surface area (Å²) in [5, 5.41) is 9.09. The maximum atomic E-state index is 12.4. The van der Waals surface area contributed by atoms with Crippen molar-refractivity contribution < 1.29 is 14.7 Å². The molecule has 5 heteroatoms. The van der Waals surface area contributed by atoms with Gasteiger partial charge in [0.2, 0.25) is 11.8 Å². The topological polar surface area (TPSA) is 83.6 Å². The Morgan fingerprint density at radius 1 is 1.29 bits per heavy atom. The highest BCUT2D eigenvalue weighted by molar-refractivity contribution is 6.07. The normalized spacial score (nSPS) is 15.9. The molecule has 2 rings (SSSR count). The van der Waals surface area contributed by atoms with Gasteiger partial charge < -0.3 is 15.7 Å². The number of rotatable bonds is 7. The third-order valence-electron chi connectivity index (χ3n) is 3.72. The van der Waals surface area contributed by atoms with E-state index < -0.39 is 11.3 Å². The van der Waals surface area contributed by atoms with Crippen molar-refractivity contribution in [1.29, 1.82) is 0 Å². The fourth-order valence-corrected chi connectivity index (χ4v) is 2.27. The van der Waals surface area contributed by atoms with Crippen LogP contribution in [0.4, 0.5) is 0 Å². The first-order valence-electron chi connectivity index (χ1n) is 7.02. The Labute approximate surface area is 124 Å². The van der Waals surface area contributed by atoms with Gasteiger partial charge in [0.1, 0.15) is 5.41 Å². The van der Waals surface area contributed by atoms with Crippen molar-refractivity contribution >= 4 is 17.9 Å². The highest BCUT2D eigenvalue weighted by Gasteiger charge is 2.56. The zero-order valence-corrected chi connectivity index (χ0v) is 11.9. The number of amides is 2. The van der Waals surface area contributed by atoms with Gasteiger partial charge in [-0.05, 0) is 18.4 Å². The molecule has 3 N–H and O–H groups in total. The van der Waals surface area contributed by atoms with E-state index in [2.05, 4.69) is 0 Å². The predicted molar refractivity (Wildman–Crippen MR) is 80.0 cm³/mol. The molecule has 1 fully saturated rings. The lowest BCUT2D eigenvalue weighted by Crippen LogP contribution is -2.44. The zero-order valence-electron chi connectivity index (χ0n) is 11.9. The number of benzene rings is 1. The summed E-state index contributed by atoms with van der Waals surface area (Å²) in [4.78, 5) is 25.3. The molecule has 1 aliphatic carbocycles. The molecule has 0 aliphatic heterocycles. The number of primary amides is 1. The first-order chi connectivity index (χ1) is 10.1. The summed E-state index contributed by atoms with van der Waals surface area (Å²) in [5.74, 6) is -0.843. The van der Waals surface area contributed by atoms with Crippen LogP contribution in [-0.4, -0.2) is 41.5 Å². The van der Waals surface area contributed by atoms with Crippen molar-refractivity contribution in [2.24, 2.45) is 11.1 Å². The van der Waals surface area contributed by atoms with Crippen molar-refractivity contribution in [3.8, 4) is 0 Å². The lowest BCUT2D eigenvalue weighted by atomic mass is 10.0. The minimum Gasteiger partial charge on any atom is -0.395 e. The highest BCUT2D eigenvalue weighted by atomic mass is 16.3. The van der Waals surface area contributed by atoms with Gasteiger partial charge in [-0.15, -0.1) is 0 Å². The van der Waals surface area contributed by atoms with E-state index >= 15 is 0 Å². The molecule has 21 heavy (non-hydrogen) atoms. The standard InChI is InChI=1S/C16H20N2O3/c17-14(20)16(8-9-16)15(21)18(11-12-19)10-4-7-13-5-2-1-3-6-13/h1-7,19H,8-12H2,(H2,17,20). The Morgan fingerprint density at radius 3 is 2.48 bits per heavy atom. The van der Waals surface area contributed by atoms with Crippen LogP contribution in [0.25, 0.3) is 6.08 Å². The highest BCUT2D eigenvalue weighted by Crippen LogP contribution is 2.46. The summed E-state index contributed by atoms with van der Waals surface area (Å²) < 4.78 is 0. The van der Waals surface area contributed by atoms with Gasteiger partial charge in [0, 0.05) is 13.1 Å². The summed E-state index contributed by atoms with van der Waals surface area (Å²) >= 11 is 0. The van der Waals surface area contributed by atoms with Crippen molar-refractivity contribution in [3.05, 3.63) is 42.0 Å². The summed E-state index contributed by atoms with van der Waals surface area (Å²) in [6, 6.07) is 9.72. The summed E-state index contributed by atoms with van der Waals surface area (Å²) in [6.07, 6.45) is 4.76. The van der Waals surface area contributed by atoms with Crippen molar-refractivity contribution in [2.45, 2.75) is 12.8 Å². The molecule has 0 radical (unpaired) electrons. The van der Waals surface area contributed by atoms with Crippen LogP contribution in [0.15, 0.2) is 36.4 Å². The molecule has 0 spiro atoms. The van der Waals surface area contributed by atoms with Crippen LogP contribution in [-0.2, 0) is 9.59 Å². The van der Waals surface area contributed by atoms with E-state index in [0.29, 0.717) is 19.4 Å². The van der Waals surface area contributed by atoms with E-state index in [4.69, 9.17) is 10.8 Å². The maximum Gasteiger partial charge on any atom is 0.238 e. The van der Waals surface area contributed by atoms with Gasteiger partial charge in [-0.25, -0.2) is 0 Å². The maximum absolute atomic E-state index is 12.4. The molecular formula is C16H20N2O3. The Bertz CT molecular complexity index is 536. The quantitative estimate of drug-likeness (QED) is 0.727. The van der Waals surface area contributed by atoms with Crippen molar-refractivity contribution in [1.82, 2.24) is 4.90 Å². The smallest absolute Gasteiger partial charge is 0.238 e. The first kappa shape index (κ1) is 15.3. The Kier molecular flexibility index (Phi) is 4.75. The minimum absolute atomic E-state index is 0.139. The molecule has 112 valence electrons. The molecule has 0 atom stereocenters. The molecule has 1 aromatic carbocycles. The number of nitrogens with zero attached hydrogens (tertiary/aromatic N) is 1. The van der Waals surface area contributed by atoms with Gasteiger partial charge >= 0.3 is 0 Å². The van der Waals surface area contributed by atoms with E-state index in [1.165, 1.54) is 4.90 Å². The molecule has 2 amide bonds. The molecule has 1 aliphatic rings. The van der Waals surface area contributed by atoms with Crippen LogP contribution in [0.2, 0.25) is 0 Å². The molecule has 1 saturated carbocycles. The third-order valence-corrected chi connectivity index (χ3v) is 3.72. The molecule has 1 aromatic rings. The second kappa shape index (κ2) is 6.54. The van der Waals surface area contributed by atoms with Gasteiger partial charge in [0.15, 0.2) is 0 Å². The minimum atomic E-state index is -1.03. The molecule has 0 bridgehead atoms. The Morgan fingerprint density at radius 2 is 1.95 bits per heavy atom. The van der Waals surface area contributed by atoms with Gasteiger partial charge in [-0.2, -0.15) is 0 Å². The van der Waals surface area contributed by atoms with Crippen molar-refractivity contribution in [3.63, 3.8) is 0 Å². The van der Waals surface area contributed by atoms with Crippen molar-refractivity contribution in [2.75, 3.05) is 19.7 Å². The number of nitrogens with two attached hydrogens (primary N) is 1. The molecular weight excluding hydrogens is 268 g/mol. The van der Waals surface area contributed by atoms with Crippen LogP contribution < -0.4 is 5.73 Å². The summed E-state index contributed by atoms with van der Waals surface area (Å²) in [7, 11) is 0. The fraction of sp³-hybridized carbons (Fsp3) is 0.375. The van der Waals surface area contributed by atoms with Crippen LogP contribution in [0.1, 0.15) is 18.4 Å². The number of aliphatic hydroxyl groups excluding tert-OH is 1. The summed E-state index contributed by atoms with van der Waals surface area (Å²) in [6.45, 7) is 0.413. The van der Waals surface area contributed by atoms with E-state index in [0.717, 1.165) is 5.56 Å². The molecule has 0 unspecified atom stereocenters. The summed E-state index contributed by atoms with van der Waals surface area (Å²) in [5.41, 5.74) is 5.32. The number of hydrogen-bond acceptors (Lipinski definition) is 3. The second-order valence-corrected chi connectivity index (χ2v) is 5.23. The number of carbonyl (C=O) groups excluding carboxylic acids is 2. The molecule has 5 nitrogen and oxygen atoms in total. The average molecular weight is 288 g/mol. The fourth-order valence-electron chi connectivity index (χ4n) is 2.27. The van der Waals surface area contributed by atoms with Crippen LogP contribution in [0.5, 0.6) is 0 Å². The van der Waals surface area contributed by atoms with Gasteiger partial charge in [0.25, 0.3) is 0 Å². The van der Waals surface area contributed by atoms with Crippen LogP contribution >= 0.6 is 0 Å². The number of hydrogen-bond donors (Lipinski definition) is 2. The lowest BCUT2D eigenvalue weighted by molar-refractivity contribution is -0.142. The van der Waals surface area contributed by atoms with E-state index in [-0.39, 0.29) is 19.1 Å².